The minimum Gasteiger partial charge on any atom is -0.278 e. The van der Waals surface area contributed by atoms with Gasteiger partial charge in [0.15, 0.2) is 0 Å². The molecular weight excluding hydrogens is 250 g/mol. The predicted octanol–water partition coefficient (Wildman–Crippen LogP) is 3.41. The zero-order valence-electron chi connectivity index (χ0n) is 9.66. The molecule has 0 aliphatic heterocycles. The van der Waals surface area contributed by atoms with Gasteiger partial charge in [0.25, 0.3) is 5.69 Å². The molecule has 2 rings (SSSR count). The molecule has 1 aromatic heterocycles. The first kappa shape index (κ1) is 12.3. The van der Waals surface area contributed by atoms with Gasteiger partial charge in [0.2, 0.25) is 0 Å². The lowest BCUT2D eigenvalue weighted by Crippen LogP contribution is -1.92. The maximum Gasteiger partial charge on any atom is 0.271 e. The van der Waals surface area contributed by atoms with Gasteiger partial charge in [-0.15, -0.1) is 11.3 Å². The Kier molecular flexibility index (Phi) is 3.69. The lowest BCUT2D eigenvalue weighted by Gasteiger charge is -1.98. The maximum atomic E-state index is 10.6. The maximum absolute atomic E-state index is 10.6. The minimum atomic E-state index is -0.433. The number of benzene rings is 1. The van der Waals surface area contributed by atoms with Crippen molar-refractivity contribution < 1.29 is 4.92 Å². The molecule has 0 bridgehead atoms. The highest BCUT2D eigenvalue weighted by Gasteiger charge is 2.04. The van der Waals surface area contributed by atoms with Gasteiger partial charge in [-0.3, -0.25) is 15.5 Å². The van der Waals surface area contributed by atoms with Crippen molar-refractivity contribution >= 4 is 28.9 Å². The third-order valence-electron chi connectivity index (χ3n) is 2.20. The third-order valence-corrected chi connectivity index (χ3v) is 3.14. The van der Waals surface area contributed by atoms with Gasteiger partial charge in [-0.25, -0.2) is 0 Å². The molecule has 0 fully saturated rings. The summed E-state index contributed by atoms with van der Waals surface area (Å²) in [5.74, 6) is 0. The molecule has 0 saturated heterocycles. The fourth-order valence-corrected chi connectivity index (χ4v) is 2.13. The zero-order valence-corrected chi connectivity index (χ0v) is 10.5. The molecule has 0 saturated carbocycles. The Labute approximate surface area is 108 Å². The molecule has 0 atom stereocenters. The number of nitro benzene ring substituents is 1. The topological polar surface area (TPSA) is 67.5 Å². The molecular formula is C12H11N3O2S. The zero-order chi connectivity index (χ0) is 13.0. The van der Waals surface area contributed by atoms with Gasteiger partial charge in [0.1, 0.15) is 0 Å². The smallest absolute Gasteiger partial charge is 0.271 e. The first-order chi connectivity index (χ1) is 8.65. The molecule has 0 unspecified atom stereocenters. The van der Waals surface area contributed by atoms with Crippen molar-refractivity contribution in [2.24, 2.45) is 5.10 Å². The van der Waals surface area contributed by atoms with Crippen LogP contribution in [0.5, 0.6) is 0 Å². The lowest BCUT2D eigenvalue weighted by atomic mass is 10.3. The molecule has 0 aliphatic rings. The van der Waals surface area contributed by atoms with E-state index in [0.717, 1.165) is 4.88 Å². The lowest BCUT2D eigenvalue weighted by molar-refractivity contribution is -0.384. The molecule has 18 heavy (non-hydrogen) atoms. The quantitative estimate of drug-likeness (QED) is 0.521. The van der Waals surface area contributed by atoms with Gasteiger partial charge in [-0.2, -0.15) is 5.10 Å². The number of nitro groups is 1. The van der Waals surface area contributed by atoms with Crippen molar-refractivity contribution in [1.82, 2.24) is 0 Å². The number of rotatable bonds is 4. The number of nitrogens with one attached hydrogen (secondary N) is 1. The van der Waals surface area contributed by atoms with Gasteiger partial charge in [-0.1, -0.05) is 6.07 Å². The second-order valence-electron chi connectivity index (χ2n) is 3.63. The number of anilines is 1. The molecule has 0 aliphatic carbocycles. The number of non-ortho nitro benzene ring substituents is 1. The molecule has 1 N–H and O–H groups in total. The van der Waals surface area contributed by atoms with E-state index in [1.54, 1.807) is 29.7 Å². The summed E-state index contributed by atoms with van der Waals surface area (Å²) in [6, 6.07) is 10.2. The molecule has 2 aromatic rings. The summed E-state index contributed by atoms with van der Waals surface area (Å²) in [5, 5.41) is 14.6. The Morgan fingerprint density at radius 3 is 2.89 bits per heavy atom. The van der Waals surface area contributed by atoms with Crippen LogP contribution in [0.3, 0.4) is 0 Å². The Balaban J connectivity index is 2.04. The van der Waals surface area contributed by atoms with E-state index < -0.39 is 4.92 Å². The summed E-state index contributed by atoms with van der Waals surface area (Å²) in [6.07, 6.45) is 1.69. The van der Waals surface area contributed by atoms with Crippen LogP contribution in [0.1, 0.15) is 9.75 Å². The average Bonchev–Trinajstić information content (AvgIpc) is 2.75. The molecule has 0 radical (unpaired) electrons. The van der Waals surface area contributed by atoms with Gasteiger partial charge in [-0.05, 0) is 25.1 Å². The molecule has 6 heteroatoms. The Bertz CT molecular complexity index is 593. The van der Waals surface area contributed by atoms with Crippen LogP contribution in [-0.4, -0.2) is 11.1 Å². The summed E-state index contributed by atoms with van der Waals surface area (Å²) in [4.78, 5) is 12.4. The second-order valence-corrected chi connectivity index (χ2v) is 4.95. The van der Waals surface area contributed by atoms with E-state index in [9.17, 15) is 10.1 Å². The van der Waals surface area contributed by atoms with E-state index in [2.05, 4.69) is 10.5 Å². The molecule has 1 aromatic carbocycles. The number of hydrogen-bond donors (Lipinski definition) is 1. The van der Waals surface area contributed by atoms with Crippen LogP contribution in [0, 0.1) is 17.0 Å². The number of thiophene rings is 1. The van der Waals surface area contributed by atoms with Crippen molar-refractivity contribution in [1.29, 1.82) is 0 Å². The van der Waals surface area contributed by atoms with E-state index in [1.807, 2.05) is 19.1 Å². The number of hydrogen-bond acceptors (Lipinski definition) is 5. The van der Waals surface area contributed by atoms with E-state index >= 15 is 0 Å². The summed E-state index contributed by atoms with van der Waals surface area (Å²) in [7, 11) is 0. The molecule has 1 heterocycles. The SMILES string of the molecule is Cc1ccc(/C=N\Nc2cccc([N+](=O)[O-])c2)s1. The van der Waals surface area contributed by atoms with Gasteiger partial charge < -0.3 is 0 Å². The predicted molar refractivity (Wildman–Crippen MR) is 73.4 cm³/mol. The fraction of sp³-hybridized carbons (Fsp3) is 0.0833. The normalized spacial score (nSPS) is 10.7. The molecule has 5 nitrogen and oxygen atoms in total. The average molecular weight is 261 g/mol. The molecule has 92 valence electrons. The number of nitrogens with zero attached hydrogens (tertiary/aromatic N) is 2. The number of aryl methyl sites for hydroxylation is 1. The Morgan fingerprint density at radius 1 is 1.39 bits per heavy atom. The van der Waals surface area contributed by atoms with Gasteiger partial charge in [0.05, 0.1) is 16.8 Å². The van der Waals surface area contributed by atoms with Crippen LogP contribution in [0.2, 0.25) is 0 Å². The van der Waals surface area contributed by atoms with Gasteiger partial charge >= 0.3 is 0 Å². The van der Waals surface area contributed by atoms with Gasteiger partial charge in [0, 0.05) is 21.9 Å². The number of hydrazone groups is 1. The molecule has 0 amide bonds. The highest BCUT2D eigenvalue weighted by Crippen LogP contribution is 2.17. The Morgan fingerprint density at radius 2 is 2.22 bits per heavy atom. The van der Waals surface area contributed by atoms with Crippen molar-refractivity contribution in [3.05, 3.63) is 56.3 Å². The Hall–Kier alpha value is -2.21. The van der Waals surface area contributed by atoms with Crippen molar-refractivity contribution in [2.45, 2.75) is 6.92 Å². The van der Waals surface area contributed by atoms with Crippen LogP contribution in [0.4, 0.5) is 11.4 Å². The van der Waals surface area contributed by atoms with E-state index in [0.29, 0.717) is 5.69 Å². The fourth-order valence-electron chi connectivity index (χ4n) is 1.38. The highest BCUT2D eigenvalue weighted by molar-refractivity contribution is 7.13. The standard InChI is InChI=1S/C12H11N3O2S/c1-9-5-6-12(18-9)8-13-14-10-3-2-4-11(7-10)15(16)17/h2-8,14H,1H3/b13-8-. The van der Waals surface area contributed by atoms with Crippen molar-refractivity contribution in [3.8, 4) is 0 Å². The summed E-state index contributed by atoms with van der Waals surface area (Å²) in [5.41, 5.74) is 3.40. The van der Waals surface area contributed by atoms with Crippen LogP contribution in [-0.2, 0) is 0 Å². The van der Waals surface area contributed by atoms with E-state index in [4.69, 9.17) is 0 Å². The minimum absolute atomic E-state index is 0.0437. The molecule has 0 spiro atoms. The second kappa shape index (κ2) is 5.42. The summed E-state index contributed by atoms with van der Waals surface area (Å²) < 4.78 is 0. The van der Waals surface area contributed by atoms with Crippen LogP contribution in [0.15, 0.2) is 41.5 Å². The highest BCUT2D eigenvalue weighted by atomic mass is 32.1. The van der Waals surface area contributed by atoms with Crippen LogP contribution >= 0.6 is 11.3 Å². The van der Waals surface area contributed by atoms with Crippen molar-refractivity contribution in [3.63, 3.8) is 0 Å². The van der Waals surface area contributed by atoms with E-state index in [1.165, 1.54) is 17.0 Å². The van der Waals surface area contributed by atoms with Crippen molar-refractivity contribution in [2.75, 3.05) is 5.43 Å². The first-order valence-electron chi connectivity index (χ1n) is 5.25. The summed E-state index contributed by atoms with van der Waals surface area (Å²) >= 11 is 1.63. The monoisotopic (exact) mass is 261 g/mol. The van der Waals surface area contributed by atoms with E-state index in [-0.39, 0.29) is 5.69 Å². The third kappa shape index (κ3) is 3.14. The summed E-state index contributed by atoms with van der Waals surface area (Å²) in [6.45, 7) is 2.02. The van der Waals surface area contributed by atoms with Crippen LogP contribution in [0.25, 0.3) is 0 Å². The first-order valence-corrected chi connectivity index (χ1v) is 6.07. The van der Waals surface area contributed by atoms with Crippen LogP contribution < -0.4 is 5.43 Å². The largest absolute Gasteiger partial charge is 0.278 e.